The summed E-state index contributed by atoms with van der Waals surface area (Å²) in [7, 11) is 0. The van der Waals surface area contributed by atoms with E-state index in [2.05, 4.69) is 5.32 Å². The van der Waals surface area contributed by atoms with Crippen molar-refractivity contribution in [3.05, 3.63) is 29.8 Å². The van der Waals surface area contributed by atoms with Crippen molar-refractivity contribution in [3.8, 4) is 5.75 Å². The van der Waals surface area contributed by atoms with Crippen molar-refractivity contribution in [1.29, 1.82) is 0 Å². The van der Waals surface area contributed by atoms with Crippen molar-refractivity contribution in [1.82, 2.24) is 5.32 Å². The first kappa shape index (κ1) is 19.6. The number of aliphatic hydroxyl groups is 5. The molecule has 9 nitrogen and oxygen atoms in total. The average Bonchev–Trinajstić information content (AvgIpc) is 2.62. The Labute approximate surface area is 144 Å². The van der Waals surface area contributed by atoms with Gasteiger partial charge in [0.05, 0.1) is 18.8 Å². The number of amides is 1. The number of benzene rings is 1. The fourth-order valence-electron chi connectivity index (χ4n) is 2.39. The first-order valence-corrected chi connectivity index (χ1v) is 7.87. The summed E-state index contributed by atoms with van der Waals surface area (Å²) in [5, 5.41) is 50.4. The van der Waals surface area contributed by atoms with E-state index in [4.69, 9.17) is 14.6 Å². The van der Waals surface area contributed by atoms with Crippen LogP contribution in [0.5, 0.6) is 5.75 Å². The summed E-state index contributed by atoms with van der Waals surface area (Å²) in [6, 6.07) is 5.70. The molecule has 0 saturated carbocycles. The van der Waals surface area contributed by atoms with Gasteiger partial charge < -0.3 is 40.3 Å². The van der Waals surface area contributed by atoms with E-state index in [1.54, 1.807) is 19.1 Å². The Balaban J connectivity index is 2.18. The van der Waals surface area contributed by atoms with E-state index in [1.165, 1.54) is 12.1 Å². The number of carbonyl (C=O) groups excluding carboxylic acids is 1. The van der Waals surface area contributed by atoms with E-state index in [0.29, 0.717) is 0 Å². The van der Waals surface area contributed by atoms with E-state index < -0.39 is 49.3 Å². The molecular weight excluding hydrogens is 334 g/mol. The fraction of sp³-hybridized carbons (Fsp3) is 0.562. The van der Waals surface area contributed by atoms with Crippen molar-refractivity contribution in [2.75, 3.05) is 13.2 Å². The highest BCUT2D eigenvalue weighted by atomic mass is 16.7. The molecule has 0 aromatic heterocycles. The Morgan fingerprint density at radius 3 is 2.52 bits per heavy atom. The molecule has 6 N–H and O–H groups in total. The van der Waals surface area contributed by atoms with Crippen LogP contribution in [0.3, 0.4) is 0 Å². The molecule has 1 amide bonds. The van der Waals surface area contributed by atoms with Gasteiger partial charge in [0, 0.05) is 6.04 Å². The van der Waals surface area contributed by atoms with Crippen molar-refractivity contribution >= 4 is 5.91 Å². The SMILES string of the molecule is C[C@@H](CO)NC(=O)c1ccccc1O[C@@H]1O[C@H](CO)[C@@H](O)[C@H](O)[C@H]1O. The predicted octanol–water partition coefficient (Wildman–Crippen LogP) is -2.02. The van der Waals surface area contributed by atoms with E-state index in [9.17, 15) is 25.2 Å². The Hall–Kier alpha value is -1.75. The number of hydrogen-bond donors (Lipinski definition) is 6. The van der Waals surface area contributed by atoms with Crippen molar-refractivity contribution < 1.29 is 39.8 Å². The third-order valence-electron chi connectivity index (χ3n) is 3.87. The third-order valence-corrected chi connectivity index (χ3v) is 3.87. The molecule has 0 bridgehead atoms. The molecule has 1 aromatic carbocycles. The van der Waals surface area contributed by atoms with Crippen LogP contribution in [0.25, 0.3) is 0 Å². The zero-order chi connectivity index (χ0) is 18.6. The second-order valence-electron chi connectivity index (χ2n) is 5.87. The van der Waals surface area contributed by atoms with Crippen molar-refractivity contribution in [3.63, 3.8) is 0 Å². The van der Waals surface area contributed by atoms with Gasteiger partial charge in [0.1, 0.15) is 30.2 Å². The first-order chi connectivity index (χ1) is 11.9. The molecule has 1 fully saturated rings. The van der Waals surface area contributed by atoms with Crippen LogP contribution in [0.2, 0.25) is 0 Å². The smallest absolute Gasteiger partial charge is 0.255 e. The van der Waals surface area contributed by atoms with Crippen LogP contribution in [0.1, 0.15) is 17.3 Å². The number of aliphatic hydroxyl groups excluding tert-OH is 5. The highest BCUT2D eigenvalue weighted by molar-refractivity contribution is 5.97. The maximum absolute atomic E-state index is 12.3. The summed E-state index contributed by atoms with van der Waals surface area (Å²) in [6.07, 6.45) is -7.15. The number of carbonyl (C=O) groups is 1. The minimum absolute atomic E-state index is 0.0782. The van der Waals surface area contributed by atoms with Gasteiger partial charge >= 0.3 is 0 Å². The number of nitrogens with one attached hydrogen (secondary N) is 1. The van der Waals surface area contributed by atoms with Crippen LogP contribution in [0, 0.1) is 0 Å². The third kappa shape index (κ3) is 4.46. The maximum atomic E-state index is 12.3. The first-order valence-electron chi connectivity index (χ1n) is 7.87. The number of para-hydroxylation sites is 1. The molecule has 0 unspecified atom stereocenters. The highest BCUT2D eigenvalue weighted by Crippen LogP contribution is 2.26. The number of hydrogen-bond acceptors (Lipinski definition) is 8. The van der Waals surface area contributed by atoms with E-state index in [1.807, 2.05) is 0 Å². The van der Waals surface area contributed by atoms with Crippen LogP contribution >= 0.6 is 0 Å². The molecular formula is C16H23NO8. The zero-order valence-corrected chi connectivity index (χ0v) is 13.6. The number of ether oxygens (including phenoxy) is 2. The molecule has 2 rings (SSSR count). The Morgan fingerprint density at radius 1 is 1.20 bits per heavy atom. The van der Waals surface area contributed by atoms with Gasteiger partial charge in [-0.05, 0) is 19.1 Å². The second-order valence-corrected chi connectivity index (χ2v) is 5.87. The Morgan fingerprint density at radius 2 is 1.88 bits per heavy atom. The van der Waals surface area contributed by atoms with Crippen LogP contribution in [-0.2, 0) is 4.74 Å². The maximum Gasteiger partial charge on any atom is 0.255 e. The van der Waals surface area contributed by atoms with Gasteiger partial charge in [0.15, 0.2) is 0 Å². The van der Waals surface area contributed by atoms with Crippen LogP contribution in [-0.4, -0.2) is 81.4 Å². The minimum Gasteiger partial charge on any atom is -0.461 e. The van der Waals surface area contributed by atoms with Gasteiger partial charge in [0.2, 0.25) is 6.29 Å². The van der Waals surface area contributed by atoms with E-state index in [-0.39, 0.29) is 17.9 Å². The lowest BCUT2D eigenvalue weighted by atomic mass is 9.99. The quantitative estimate of drug-likeness (QED) is 0.342. The van der Waals surface area contributed by atoms with Gasteiger partial charge in [-0.15, -0.1) is 0 Å². The topological polar surface area (TPSA) is 149 Å². The van der Waals surface area contributed by atoms with Gasteiger partial charge in [0.25, 0.3) is 5.91 Å². The fourth-order valence-corrected chi connectivity index (χ4v) is 2.39. The molecule has 0 aliphatic carbocycles. The summed E-state index contributed by atoms with van der Waals surface area (Å²) < 4.78 is 10.8. The van der Waals surface area contributed by atoms with E-state index >= 15 is 0 Å². The van der Waals surface area contributed by atoms with Crippen molar-refractivity contribution in [2.24, 2.45) is 0 Å². The standard InChI is InChI=1S/C16H23NO8/c1-8(6-18)17-15(23)9-4-2-3-5-10(9)24-16-14(22)13(21)12(20)11(7-19)25-16/h2-5,8,11-14,16,18-22H,6-7H2,1H3,(H,17,23)/t8-,11+,12+,13-,14+,16+/m0/s1. The Kier molecular flexibility index (Phi) is 6.71. The molecule has 1 saturated heterocycles. The summed E-state index contributed by atoms with van der Waals surface area (Å²) in [5.41, 5.74) is 0.139. The summed E-state index contributed by atoms with van der Waals surface area (Å²) >= 11 is 0. The van der Waals surface area contributed by atoms with Crippen LogP contribution < -0.4 is 10.1 Å². The average molecular weight is 357 g/mol. The molecule has 0 spiro atoms. The molecule has 1 aliphatic rings. The van der Waals surface area contributed by atoms with E-state index in [0.717, 1.165) is 0 Å². The molecule has 1 heterocycles. The number of rotatable bonds is 6. The van der Waals surface area contributed by atoms with Crippen LogP contribution in [0.15, 0.2) is 24.3 Å². The molecule has 9 heteroatoms. The summed E-state index contributed by atoms with van der Waals surface area (Å²) in [5.74, 6) is -0.420. The molecule has 1 aromatic rings. The van der Waals surface area contributed by atoms with Crippen molar-refractivity contribution in [2.45, 2.75) is 43.7 Å². The lowest BCUT2D eigenvalue weighted by Crippen LogP contribution is -2.60. The lowest BCUT2D eigenvalue weighted by Gasteiger charge is -2.39. The molecule has 6 atom stereocenters. The Bertz CT molecular complexity index is 581. The monoisotopic (exact) mass is 357 g/mol. The summed E-state index contributed by atoms with van der Waals surface area (Å²) in [6.45, 7) is 0.807. The van der Waals surface area contributed by atoms with Gasteiger partial charge in [-0.1, -0.05) is 12.1 Å². The van der Waals surface area contributed by atoms with Crippen LogP contribution in [0.4, 0.5) is 0 Å². The van der Waals surface area contributed by atoms with Gasteiger partial charge in [-0.2, -0.15) is 0 Å². The normalized spacial score (nSPS) is 30.6. The molecule has 1 aliphatic heterocycles. The second kappa shape index (κ2) is 8.56. The molecule has 25 heavy (non-hydrogen) atoms. The minimum atomic E-state index is -1.58. The largest absolute Gasteiger partial charge is 0.461 e. The lowest BCUT2D eigenvalue weighted by molar-refractivity contribution is -0.277. The zero-order valence-electron chi connectivity index (χ0n) is 13.6. The predicted molar refractivity (Wildman–Crippen MR) is 84.9 cm³/mol. The summed E-state index contributed by atoms with van der Waals surface area (Å²) in [4.78, 5) is 12.3. The highest BCUT2D eigenvalue weighted by Gasteiger charge is 2.44. The van der Waals surface area contributed by atoms with Gasteiger partial charge in [-0.3, -0.25) is 4.79 Å². The van der Waals surface area contributed by atoms with Gasteiger partial charge in [-0.25, -0.2) is 0 Å². The molecule has 0 radical (unpaired) electrons. The molecule has 140 valence electrons.